The molecule has 6 heteroatoms. The van der Waals surface area contributed by atoms with Gasteiger partial charge in [0.25, 0.3) is 0 Å². The van der Waals surface area contributed by atoms with Crippen molar-refractivity contribution in [1.29, 1.82) is 0 Å². The van der Waals surface area contributed by atoms with Crippen LogP contribution in [0.4, 0.5) is 11.4 Å². The van der Waals surface area contributed by atoms with E-state index < -0.39 is 11.9 Å². The SMILES string of the molecule is O=C(O)C(CCCCO)c1ccccc1Nc1c(Cl)cccc1Cl. The molecule has 0 bridgehead atoms. The topological polar surface area (TPSA) is 69.6 Å². The molecule has 2 rings (SSSR count). The van der Waals surface area contributed by atoms with Gasteiger partial charge in [0.1, 0.15) is 0 Å². The molecule has 0 aliphatic carbocycles. The van der Waals surface area contributed by atoms with Crippen LogP contribution < -0.4 is 5.32 Å². The molecule has 24 heavy (non-hydrogen) atoms. The van der Waals surface area contributed by atoms with E-state index in [9.17, 15) is 9.90 Å². The number of hydrogen-bond acceptors (Lipinski definition) is 3. The van der Waals surface area contributed by atoms with Gasteiger partial charge in [0.05, 0.1) is 21.7 Å². The van der Waals surface area contributed by atoms with E-state index in [-0.39, 0.29) is 6.61 Å². The number of carbonyl (C=O) groups is 1. The van der Waals surface area contributed by atoms with E-state index in [0.29, 0.717) is 46.2 Å². The quantitative estimate of drug-likeness (QED) is 0.569. The normalized spacial score (nSPS) is 12.0. The summed E-state index contributed by atoms with van der Waals surface area (Å²) in [5, 5.41) is 22.6. The first-order valence-corrected chi connectivity index (χ1v) is 8.43. The summed E-state index contributed by atoms with van der Waals surface area (Å²) in [4.78, 5) is 11.7. The lowest BCUT2D eigenvalue weighted by Gasteiger charge is -2.19. The van der Waals surface area contributed by atoms with Crippen LogP contribution in [0.3, 0.4) is 0 Å². The molecular weight excluding hydrogens is 349 g/mol. The van der Waals surface area contributed by atoms with Crippen molar-refractivity contribution in [2.75, 3.05) is 11.9 Å². The smallest absolute Gasteiger partial charge is 0.311 e. The zero-order chi connectivity index (χ0) is 17.5. The van der Waals surface area contributed by atoms with Crippen LogP contribution in [0.1, 0.15) is 30.7 Å². The van der Waals surface area contributed by atoms with Gasteiger partial charge in [0.15, 0.2) is 0 Å². The third-order valence-corrected chi connectivity index (χ3v) is 4.39. The number of para-hydroxylation sites is 2. The fourth-order valence-corrected chi connectivity index (χ4v) is 3.03. The molecule has 0 saturated carbocycles. The Morgan fingerprint density at radius 2 is 1.71 bits per heavy atom. The number of nitrogens with one attached hydrogen (secondary N) is 1. The van der Waals surface area contributed by atoms with Gasteiger partial charge in [-0.15, -0.1) is 0 Å². The predicted octanol–water partition coefficient (Wildman–Crippen LogP) is 5.07. The molecule has 0 aromatic heterocycles. The van der Waals surface area contributed by atoms with Crippen LogP contribution in [0.5, 0.6) is 0 Å². The highest BCUT2D eigenvalue weighted by atomic mass is 35.5. The van der Waals surface area contributed by atoms with Crippen LogP contribution in [-0.2, 0) is 4.79 Å². The van der Waals surface area contributed by atoms with E-state index in [4.69, 9.17) is 28.3 Å². The highest BCUT2D eigenvalue weighted by Crippen LogP contribution is 2.36. The first-order chi connectivity index (χ1) is 11.5. The first kappa shape index (κ1) is 18.6. The molecular formula is C18H19Cl2NO3. The molecule has 2 aromatic carbocycles. The molecule has 128 valence electrons. The van der Waals surface area contributed by atoms with E-state index >= 15 is 0 Å². The number of halogens is 2. The van der Waals surface area contributed by atoms with E-state index in [2.05, 4.69) is 5.32 Å². The molecule has 0 saturated heterocycles. The largest absolute Gasteiger partial charge is 0.481 e. The molecule has 0 amide bonds. The number of rotatable bonds is 8. The van der Waals surface area contributed by atoms with Gasteiger partial charge in [-0.2, -0.15) is 0 Å². The zero-order valence-electron chi connectivity index (χ0n) is 13.0. The highest BCUT2D eigenvalue weighted by molar-refractivity contribution is 6.39. The third kappa shape index (κ3) is 4.63. The van der Waals surface area contributed by atoms with Crippen LogP contribution >= 0.6 is 23.2 Å². The van der Waals surface area contributed by atoms with Crippen molar-refractivity contribution >= 4 is 40.5 Å². The number of aliphatic hydroxyl groups is 1. The minimum Gasteiger partial charge on any atom is -0.481 e. The number of hydrogen-bond donors (Lipinski definition) is 3. The standard InChI is InChI=1S/C18H19Cl2NO3/c19-14-8-5-9-15(20)17(14)21-16-10-2-1-6-12(16)13(18(23)24)7-3-4-11-22/h1-2,5-6,8-10,13,21-22H,3-4,7,11H2,(H,23,24). The van der Waals surface area contributed by atoms with E-state index in [1.807, 2.05) is 6.07 Å². The minimum absolute atomic E-state index is 0.0570. The van der Waals surface area contributed by atoms with E-state index in [0.717, 1.165) is 0 Å². The number of unbranched alkanes of at least 4 members (excludes halogenated alkanes) is 1. The Kier molecular flexibility index (Phi) is 6.91. The lowest BCUT2D eigenvalue weighted by Crippen LogP contribution is -2.13. The van der Waals surface area contributed by atoms with Gasteiger partial charge in [-0.25, -0.2) is 0 Å². The second kappa shape index (κ2) is 8.92. The molecule has 0 heterocycles. The van der Waals surface area contributed by atoms with Crippen molar-refractivity contribution in [3.8, 4) is 0 Å². The van der Waals surface area contributed by atoms with Crippen LogP contribution in [-0.4, -0.2) is 22.8 Å². The fourth-order valence-electron chi connectivity index (χ4n) is 2.54. The summed E-state index contributed by atoms with van der Waals surface area (Å²) in [7, 11) is 0. The molecule has 2 aromatic rings. The number of anilines is 2. The van der Waals surface area contributed by atoms with Crippen molar-refractivity contribution in [2.45, 2.75) is 25.2 Å². The van der Waals surface area contributed by atoms with Crippen LogP contribution in [0, 0.1) is 0 Å². The second-order valence-corrected chi connectivity index (χ2v) is 6.23. The average molecular weight is 368 g/mol. The molecule has 0 aliphatic heterocycles. The molecule has 4 nitrogen and oxygen atoms in total. The molecule has 0 spiro atoms. The number of carboxylic acids is 1. The Labute approximate surface area is 151 Å². The summed E-state index contributed by atoms with van der Waals surface area (Å²) in [6.07, 6.45) is 1.66. The summed E-state index contributed by atoms with van der Waals surface area (Å²) >= 11 is 12.4. The Bertz CT molecular complexity index is 686. The summed E-state index contributed by atoms with van der Waals surface area (Å²) in [6, 6.07) is 12.4. The lowest BCUT2D eigenvalue weighted by atomic mass is 9.92. The van der Waals surface area contributed by atoms with Gasteiger partial charge in [0, 0.05) is 12.3 Å². The Morgan fingerprint density at radius 1 is 1.04 bits per heavy atom. The number of benzene rings is 2. The van der Waals surface area contributed by atoms with Crippen molar-refractivity contribution in [2.24, 2.45) is 0 Å². The summed E-state index contributed by atoms with van der Waals surface area (Å²) in [6.45, 7) is 0.0570. The van der Waals surface area contributed by atoms with Crippen molar-refractivity contribution in [3.05, 3.63) is 58.1 Å². The fraction of sp³-hybridized carbons (Fsp3) is 0.278. The molecule has 0 aliphatic rings. The van der Waals surface area contributed by atoms with Crippen molar-refractivity contribution in [1.82, 2.24) is 0 Å². The average Bonchev–Trinajstić information content (AvgIpc) is 2.55. The maximum atomic E-state index is 11.7. The Balaban J connectivity index is 2.33. The molecule has 3 N–H and O–H groups in total. The second-order valence-electron chi connectivity index (χ2n) is 5.42. The first-order valence-electron chi connectivity index (χ1n) is 7.68. The lowest BCUT2D eigenvalue weighted by molar-refractivity contribution is -0.139. The summed E-state index contributed by atoms with van der Waals surface area (Å²) < 4.78 is 0. The zero-order valence-corrected chi connectivity index (χ0v) is 14.5. The number of carboxylic acid groups (broad SMARTS) is 1. The number of aliphatic carboxylic acids is 1. The monoisotopic (exact) mass is 367 g/mol. The van der Waals surface area contributed by atoms with Gasteiger partial charge >= 0.3 is 5.97 Å². The van der Waals surface area contributed by atoms with Gasteiger partial charge in [-0.3, -0.25) is 4.79 Å². The van der Waals surface area contributed by atoms with E-state index in [1.54, 1.807) is 36.4 Å². The van der Waals surface area contributed by atoms with Crippen molar-refractivity contribution in [3.63, 3.8) is 0 Å². The molecule has 0 radical (unpaired) electrons. The summed E-state index contributed by atoms with van der Waals surface area (Å²) in [5.41, 5.74) is 1.87. The van der Waals surface area contributed by atoms with Gasteiger partial charge in [-0.05, 0) is 43.0 Å². The van der Waals surface area contributed by atoms with Gasteiger partial charge in [-0.1, -0.05) is 47.5 Å². The van der Waals surface area contributed by atoms with Crippen LogP contribution in [0.25, 0.3) is 0 Å². The predicted molar refractivity (Wildman–Crippen MR) is 97.5 cm³/mol. The maximum Gasteiger partial charge on any atom is 0.311 e. The van der Waals surface area contributed by atoms with Gasteiger partial charge < -0.3 is 15.5 Å². The summed E-state index contributed by atoms with van der Waals surface area (Å²) in [5.74, 6) is -1.56. The molecule has 1 atom stereocenters. The van der Waals surface area contributed by atoms with Crippen LogP contribution in [0.15, 0.2) is 42.5 Å². The van der Waals surface area contributed by atoms with Crippen molar-refractivity contribution < 1.29 is 15.0 Å². The van der Waals surface area contributed by atoms with E-state index in [1.165, 1.54) is 0 Å². The Morgan fingerprint density at radius 3 is 2.33 bits per heavy atom. The molecule has 1 unspecified atom stereocenters. The Hall–Kier alpha value is -1.75. The van der Waals surface area contributed by atoms with Gasteiger partial charge in [0.2, 0.25) is 0 Å². The maximum absolute atomic E-state index is 11.7. The van der Waals surface area contributed by atoms with Crippen LogP contribution in [0.2, 0.25) is 10.0 Å². The third-order valence-electron chi connectivity index (χ3n) is 3.76. The molecule has 0 fully saturated rings. The highest BCUT2D eigenvalue weighted by Gasteiger charge is 2.22. The minimum atomic E-state index is -0.896. The number of aliphatic hydroxyl groups excluding tert-OH is 1.